The summed E-state index contributed by atoms with van der Waals surface area (Å²) in [7, 11) is 1.90. The summed E-state index contributed by atoms with van der Waals surface area (Å²) >= 11 is 1.66. The van der Waals surface area contributed by atoms with Crippen molar-refractivity contribution in [2.45, 2.75) is 32.7 Å². The van der Waals surface area contributed by atoms with Crippen LogP contribution in [0, 0.1) is 6.92 Å². The molecule has 5 nitrogen and oxygen atoms in total. The van der Waals surface area contributed by atoms with E-state index >= 15 is 0 Å². The number of benzene rings is 1. The van der Waals surface area contributed by atoms with Crippen molar-refractivity contribution in [2.24, 2.45) is 7.05 Å². The third kappa shape index (κ3) is 3.42. The second kappa shape index (κ2) is 6.50. The molecule has 0 aliphatic carbocycles. The summed E-state index contributed by atoms with van der Waals surface area (Å²) in [6, 6.07) is 8.02. The highest BCUT2D eigenvalue weighted by atomic mass is 32.1. The van der Waals surface area contributed by atoms with Crippen LogP contribution in [0.4, 0.5) is 0 Å². The Morgan fingerprint density at radius 1 is 1.39 bits per heavy atom. The number of fused-ring (bicyclic) bond motifs is 1. The van der Waals surface area contributed by atoms with E-state index < -0.39 is 0 Å². The van der Waals surface area contributed by atoms with Crippen molar-refractivity contribution < 1.29 is 4.79 Å². The zero-order chi connectivity index (χ0) is 16.4. The first-order chi connectivity index (χ1) is 11.0. The number of carbonyl (C=O) groups excluding carboxylic acids is 1. The van der Waals surface area contributed by atoms with Crippen LogP contribution in [0.3, 0.4) is 0 Å². The minimum absolute atomic E-state index is 0.0356. The molecule has 0 saturated heterocycles. The van der Waals surface area contributed by atoms with Gasteiger partial charge in [0.15, 0.2) is 0 Å². The van der Waals surface area contributed by atoms with E-state index in [4.69, 9.17) is 0 Å². The first-order valence-electron chi connectivity index (χ1n) is 7.67. The van der Waals surface area contributed by atoms with E-state index in [1.165, 1.54) is 4.70 Å². The van der Waals surface area contributed by atoms with Crippen LogP contribution >= 0.6 is 11.3 Å². The molecule has 0 radical (unpaired) electrons. The molecule has 0 spiro atoms. The SMILES string of the molecule is Cc1c([C@H](C)NC(=O)CCc2nc3ccccc3s2)cnn1C. The van der Waals surface area contributed by atoms with Crippen LogP contribution in [0.15, 0.2) is 30.5 Å². The van der Waals surface area contributed by atoms with Gasteiger partial charge in [0.25, 0.3) is 0 Å². The molecule has 0 saturated carbocycles. The van der Waals surface area contributed by atoms with Gasteiger partial charge in [-0.3, -0.25) is 9.48 Å². The van der Waals surface area contributed by atoms with E-state index in [1.807, 2.05) is 50.0 Å². The van der Waals surface area contributed by atoms with Gasteiger partial charge < -0.3 is 5.32 Å². The Labute approximate surface area is 139 Å². The van der Waals surface area contributed by atoms with Gasteiger partial charge in [0.2, 0.25) is 5.91 Å². The summed E-state index contributed by atoms with van der Waals surface area (Å²) in [4.78, 5) is 16.7. The number of hydrogen-bond acceptors (Lipinski definition) is 4. The maximum atomic E-state index is 12.2. The third-order valence-corrected chi connectivity index (χ3v) is 5.12. The van der Waals surface area contributed by atoms with Gasteiger partial charge in [-0.25, -0.2) is 4.98 Å². The summed E-state index contributed by atoms with van der Waals surface area (Å²) in [6.07, 6.45) is 2.93. The van der Waals surface area contributed by atoms with Crippen molar-refractivity contribution >= 4 is 27.5 Å². The largest absolute Gasteiger partial charge is 0.349 e. The van der Waals surface area contributed by atoms with Gasteiger partial charge in [-0.05, 0) is 26.0 Å². The van der Waals surface area contributed by atoms with E-state index in [0.717, 1.165) is 21.8 Å². The van der Waals surface area contributed by atoms with E-state index in [-0.39, 0.29) is 11.9 Å². The van der Waals surface area contributed by atoms with E-state index in [1.54, 1.807) is 11.3 Å². The molecular formula is C17H20N4OS. The number of aromatic nitrogens is 3. The van der Waals surface area contributed by atoms with Gasteiger partial charge in [0.1, 0.15) is 0 Å². The number of aryl methyl sites for hydroxylation is 2. The Bertz CT molecular complexity index is 803. The minimum atomic E-state index is -0.0356. The minimum Gasteiger partial charge on any atom is -0.349 e. The highest BCUT2D eigenvalue weighted by molar-refractivity contribution is 7.18. The van der Waals surface area contributed by atoms with Crippen molar-refractivity contribution in [3.05, 3.63) is 46.7 Å². The van der Waals surface area contributed by atoms with E-state index in [9.17, 15) is 4.79 Å². The van der Waals surface area contributed by atoms with Gasteiger partial charge in [0, 0.05) is 31.1 Å². The maximum Gasteiger partial charge on any atom is 0.220 e. The van der Waals surface area contributed by atoms with Gasteiger partial charge in [-0.1, -0.05) is 12.1 Å². The summed E-state index contributed by atoms with van der Waals surface area (Å²) in [5, 5.41) is 8.26. The summed E-state index contributed by atoms with van der Waals surface area (Å²) in [5.74, 6) is 0.0417. The predicted molar refractivity (Wildman–Crippen MR) is 92.4 cm³/mol. The molecule has 2 aromatic heterocycles. The average molecular weight is 328 g/mol. The predicted octanol–water partition coefficient (Wildman–Crippen LogP) is 3.15. The molecule has 0 aliphatic rings. The molecule has 6 heteroatoms. The van der Waals surface area contributed by atoms with Crippen LogP contribution in [0.2, 0.25) is 0 Å². The van der Waals surface area contributed by atoms with Crippen molar-refractivity contribution in [1.29, 1.82) is 0 Å². The number of carbonyl (C=O) groups is 1. The smallest absolute Gasteiger partial charge is 0.220 e. The van der Waals surface area contributed by atoms with Crippen LogP contribution in [-0.2, 0) is 18.3 Å². The summed E-state index contributed by atoms with van der Waals surface area (Å²) in [6.45, 7) is 3.99. The lowest BCUT2D eigenvalue weighted by molar-refractivity contribution is -0.121. The Kier molecular flexibility index (Phi) is 4.43. The molecule has 0 bridgehead atoms. The Balaban J connectivity index is 1.58. The van der Waals surface area contributed by atoms with Crippen LogP contribution in [0.1, 0.15) is 35.7 Å². The molecule has 23 heavy (non-hydrogen) atoms. The molecule has 1 aromatic carbocycles. The van der Waals surface area contributed by atoms with Crippen LogP contribution in [0.5, 0.6) is 0 Å². The lowest BCUT2D eigenvalue weighted by atomic mass is 10.1. The lowest BCUT2D eigenvalue weighted by Crippen LogP contribution is -2.27. The number of para-hydroxylation sites is 1. The molecular weight excluding hydrogens is 308 g/mol. The van der Waals surface area contributed by atoms with Crippen LogP contribution in [-0.4, -0.2) is 20.7 Å². The molecule has 3 aromatic rings. The second-order valence-electron chi connectivity index (χ2n) is 5.67. The van der Waals surface area contributed by atoms with Gasteiger partial charge in [0.05, 0.1) is 27.5 Å². The van der Waals surface area contributed by atoms with Gasteiger partial charge >= 0.3 is 0 Å². The van der Waals surface area contributed by atoms with E-state index in [0.29, 0.717) is 12.8 Å². The van der Waals surface area contributed by atoms with Crippen molar-refractivity contribution in [2.75, 3.05) is 0 Å². The number of thiazole rings is 1. The molecule has 120 valence electrons. The fraction of sp³-hybridized carbons (Fsp3) is 0.353. The first kappa shape index (κ1) is 15.7. The third-order valence-electron chi connectivity index (χ3n) is 4.02. The fourth-order valence-electron chi connectivity index (χ4n) is 2.58. The Hall–Kier alpha value is -2.21. The standard InChI is InChI=1S/C17H20N4OS/c1-11(13-10-18-21(3)12(13)2)19-16(22)8-9-17-20-14-6-4-5-7-15(14)23-17/h4-7,10-11H,8-9H2,1-3H3,(H,19,22)/t11-/m0/s1. The van der Waals surface area contributed by atoms with Crippen LogP contribution < -0.4 is 5.32 Å². The quantitative estimate of drug-likeness (QED) is 0.783. The van der Waals surface area contributed by atoms with Crippen molar-refractivity contribution in [3.63, 3.8) is 0 Å². The van der Waals surface area contributed by atoms with Crippen molar-refractivity contribution in [3.8, 4) is 0 Å². The second-order valence-corrected chi connectivity index (χ2v) is 6.79. The zero-order valence-electron chi connectivity index (χ0n) is 13.5. The number of amides is 1. The molecule has 2 heterocycles. The molecule has 0 aliphatic heterocycles. The van der Waals surface area contributed by atoms with Crippen molar-refractivity contribution in [1.82, 2.24) is 20.1 Å². The molecule has 1 amide bonds. The lowest BCUT2D eigenvalue weighted by Gasteiger charge is -2.13. The number of nitrogens with one attached hydrogen (secondary N) is 1. The fourth-order valence-corrected chi connectivity index (χ4v) is 3.55. The topological polar surface area (TPSA) is 59.8 Å². The van der Waals surface area contributed by atoms with Crippen LogP contribution in [0.25, 0.3) is 10.2 Å². The van der Waals surface area contributed by atoms with Gasteiger partial charge in [-0.2, -0.15) is 5.10 Å². The zero-order valence-corrected chi connectivity index (χ0v) is 14.4. The number of rotatable bonds is 5. The molecule has 1 atom stereocenters. The molecule has 0 unspecified atom stereocenters. The summed E-state index contributed by atoms with van der Waals surface area (Å²) < 4.78 is 2.99. The Morgan fingerprint density at radius 3 is 2.87 bits per heavy atom. The molecule has 0 fully saturated rings. The molecule has 3 rings (SSSR count). The van der Waals surface area contributed by atoms with Gasteiger partial charge in [-0.15, -0.1) is 11.3 Å². The average Bonchev–Trinajstić information content (AvgIpc) is 3.09. The molecule has 1 N–H and O–H groups in total. The number of hydrogen-bond donors (Lipinski definition) is 1. The normalized spacial score (nSPS) is 12.5. The monoisotopic (exact) mass is 328 g/mol. The number of nitrogens with zero attached hydrogens (tertiary/aromatic N) is 3. The van der Waals surface area contributed by atoms with E-state index in [2.05, 4.69) is 21.5 Å². The highest BCUT2D eigenvalue weighted by Crippen LogP contribution is 2.22. The summed E-state index contributed by atoms with van der Waals surface area (Å²) in [5.41, 5.74) is 3.14. The maximum absolute atomic E-state index is 12.2. The Morgan fingerprint density at radius 2 is 2.17 bits per heavy atom. The highest BCUT2D eigenvalue weighted by Gasteiger charge is 2.15. The first-order valence-corrected chi connectivity index (χ1v) is 8.48.